The highest BCUT2D eigenvalue weighted by atomic mass is 35.5. The Bertz CT molecular complexity index is 1040. The van der Waals surface area contributed by atoms with Crippen LogP contribution in [0.2, 0.25) is 5.02 Å². The van der Waals surface area contributed by atoms with E-state index in [2.05, 4.69) is 15.5 Å². The van der Waals surface area contributed by atoms with Gasteiger partial charge in [0.25, 0.3) is 11.8 Å². The van der Waals surface area contributed by atoms with Gasteiger partial charge in [-0.2, -0.15) is 4.98 Å². The van der Waals surface area contributed by atoms with E-state index >= 15 is 0 Å². The molecule has 4 rings (SSSR count). The van der Waals surface area contributed by atoms with Gasteiger partial charge >= 0.3 is 0 Å². The van der Waals surface area contributed by atoms with E-state index in [1.165, 1.54) is 6.26 Å². The van der Waals surface area contributed by atoms with Crippen LogP contribution in [0.15, 0.2) is 75.9 Å². The van der Waals surface area contributed by atoms with Crippen LogP contribution in [0, 0.1) is 0 Å². The number of nitrogens with zero attached hydrogens (tertiary/aromatic N) is 2. The summed E-state index contributed by atoms with van der Waals surface area (Å²) in [7, 11) is 0. The lowest BCUT2D eigenvalue weighted by molar-refractivity contribution is 0.0996. The summed E-state index contributed by atoms with van der Waals surface area (Å²) < 4.78 is 10.5. The summed E-state index contributed by atoms with van der Waals surface area (Å²) in [5.41, 5.74) is 1.93. The Balaban J connectivity index is 1.64. The number of anilines is 1. The number of halogens is 1. The average molecular weight is 366 g/mol. The van der Waals surface area contributed by atoms with Crippen LogP contribution in [0.3, 0.4) is 0 Å². The lowest BCUT2D eigenvalue weighted by Crippen LogP contribution is -2.11. The first-order chi connectivity index (χ1) is 12.7. The van der Waals surface area contributed by atoms with E-state index in [0.29, 0.717) is 28.0 Å². The quantitative estimate of drug-likeness (QED) is 0.556. The molecule has 2 aromatic heterocycles. The maximum atomic E-state index is 12.2. The van der Waals surface area contributed by atoms with E-state index in [0.717, 1.165) is 5.56 Å². The van der Waals surface area contributed by atoms with Gasteiger partial charge in [-0.3, -0.25) is 4.79 Å². The highest BCUT2D eigenvalue weighted by Crippen LogP contribution is 2.29. The van der Waals surface area contributed by atoms with E-state index in [1.807, 2.05) is 18.2 Å². The number of furan rings is 1. The van der Waals surface area contributed by atoms with Gasteiger partial charge in [0.05, 0.1) is 17.5 Å². The van der Waals surface area contributed by atoms with Gasteiger partial charge in [0.2, 0.25) is 5.82 Å². The van der Waals surface area contributed by atoms with Crippen LogP contribution in [-0.2, 0) is 0 Å². The molecule has 0 aliphatic carbocycles. The van der Waals surface area contributed by atoms with Crippen LogP contribution in [0.1, 0.15) is 10.6 Å². The molecule has 1 amide bonds. The second-order valence-corrected chi connectivity index (χ2v) is 5.84. The van der Waals surface area contributed by atoms with Crippen molar-refractivity contribution in [1.29, 1.82) is 0 Å². The summed E-state index contributed by atoms with van der Waals surface area (Å²) in [5, 5.41) is 7.42. The normalized spacial score (nSPS) is 10.7. The summed E-state index contributed by atoms with van der Waals surface area (Å²) in [5.74, 6) is 0.584. The summed E-state index contributed by atoms with van der Waals surface area (Å²) >= 11 is 5.90. The van der Waals surface area contributed by atoms with Crippen molar-refractivity contribution >= 4 is 23.2 Å². The third-order valence-electron chi connectivity index (χ3n) is 3.68. The van der Waals surface area contributed by atoms with Crippen molar-refractivity contribution in [3.8, 4) is 22.8 Å². The number of para-hydroxylation sites is 1. The van der Waals surface area contributed by atoms with E-state index in [1.54, 1.807) is 42.5 Å². The van der Waals surface area contributed by atoms with Gasteiger partial charge in [0.15, 0.2) is 5.76 Å². The van der Waals surface area contributed by atoms with Gasteiger partial charge in [-0.25, -0.2) is 0 Å². The SMILES string of the molecule is O=C(Nc1ccccc1-c1nc(-c2ccc(Cl)cc2)no1)c1ccco1. The first-order valence-corrected chi connectivity index (χ1v) is 8.12. The smallest absolute Gasteiger partial charge is 0.291 e. The Kier molecular flexibility index (Phi) is 4.25. The van der Waals surface area contributed by atoms with Crippen LogP contribution in [0.5, 0.6) is 0 Å². The molecule has 26 heavy (non-hydrogen) atoms. The van der Waals surface area contributed by atoms with Crippen molar-refractivity contribution in [2.24, 2.45) is 0 Å². The highest BCUT2D eigenvalue weighted by molar-refractivity contribution is 6.30. The molecule has 0 aliphatic rings. The summed E-state index contributed by atoms with van der Waals surface area (Å²) in [6.45, 7) is 0. The van der Waals surface area contributed by atoms with Gasteiger partial charge < -0.3 is 14.3 Å². The molecule has 1 N–H and O–H groups in total. The molecule has 0 fully saturated rings. The molecule has 0 bridgehead atoms. The highest BCUT2D eigenvalue weighted by Gasteiger charge is 2.16. The van der Waals surface area contributed by atoms with E-state index in [-0.39, 0.29) is 11.7 Å². The Morgan fingerprint density at radius 2 is 1.81 bits per heavy atom. The fourth-order valence-corrected chi connectivity index (χ4v) is 2.55. The summed E-state index contributed by atoms with van der Waals surface area (Å²) in [4.78, 5) is 16.6. The first-order valence-electron chi connectivity index (χ1n) is 7.74. The Labute approximate surface area is 153 Å². The molecule has 6 nitrogen and oxygen atoms in total. The Morgan fingerprint density at radius 1 is 1.00 bits per heavy atom. The number of rotatable bonds is 4. The van der Waals surface area contributed by atoms with Gasteiger partial charge in [-0.05, 0) is 48.5 Å². The number of benzene rings is 2. The summed E-state index contributed by atoms with van der Waals surface area (Å²) in [6, 6.07) is 17.5. The monoisotopic (exact) mass is 365 g/mol. The Hall–Kier alpha value is -3.38. The third-order valence-corrected chi connectivity index (χ3v) is 3.93. The Morgan fingerprint density at radius 3 is 2.58 bits per heavy atom. The second-order valence-electron chi connectivity index (χ2n) is 5.41. The average Bonchev–Trinajstić information content (AvgIpc) is 3.35. The van der Waals surface area contributed by atoms with Crippen LogP contribution in [0.4, 0.5) is 5.69 Å². The maximum Gasteiger partial charge on any atom is 0.291 e. The number of amides is 1. The number of hydrogen-bond donors (Lipinski definition) is 1. The van der Waals surface area contributed by atoms with Crippen molar-refractivity contribution in [2.75, 3.05) is 5.32 Å². The van der Waals surface area contributed by atoms with Crippen molar-refractivity contribution in [1.82, 2.24) is 10.1 Å². The minimum absolute atomic E-state index is 0.215. The van der Waals surface area contributed by atoms with Crippen molar-refractivity contribution in [3.63, 3.8) is 0 Å². The predicted molar refractivity (Wildman–Crippen MR) is 96.8 cm³/mol. The second kappa shape index (κ2) is 6.85. The van der Waals surface area contributed by atoms with Crippen LogP contribution in [-0.4, -0.2) is 16.0 Å². The number of nitrogens with one attached hydrogen (secondary N) is 1. The number of carbonyl (C=O) groups excluding carboxylic acids is 1. The molecule has 0 aliphatic heterocycles. The molecule has 4 aromatic rings. The summed E-state index contributed by atoms with van der Waals surface area (Å²) in [6.07, 6.45) is 1.44. The molecule has 0 saturated heterocycles. The zero-order valence-electron chi connectivity index (χ0n) is 13.3. The van der Waals surface area contributed by atoms with Gasteiger partial charge in [0, 0.05) is 10.6 Å². The van der Waals surface area contributed by atoms with Crippen molar-refractivity contribution in [3.05, 3.63) is 77.7 Å². The molecule has 0 saturated carbocycles. The zero-order valence-corrected chi connectivity index (χ0v) is 14.1. The topological polar surface area (TPSA) is 81.2 Å². The molecule has 0 radical (unpaired) electrons. The molecule has 2 aromatic carbocycles. The minimum Gasteiger partial charge on any atom is -0.459 e. The largest absolute Gasteiger partial charge is 0.459 e. The number of carbonyl (C=O) groups is 1. The van der Waals surface area contributed by atoms with E-state index in [9.17, 15) is 4.79 Å². The van der Waals surface area contributed by atoms with Crippen LogP contribution in [0.25, 0.3) is 22.8 Å². The molecular formula is C19H12ClN3O3. The molecular weight excluding hydrogens is 354 g/mol. The fraction of sp³-hybridized carbons (Fsp3) is 0. The zero-order chi connectivity index (χ0) is 17.9. The molecule has 0 unspecified atom stereocenters. The molecule has 2 heterocycles. The van der Waals surface area contributed by atoms with Crippen LogP contribution < -0.4 is 5.32 Å². The van der Waals surface area contributed by atoms with Gasteiger partial charge in [0.1, 0.15) is 0 Å². The predicted octanol–water partition coefficient (Wildman–Crippen LogP) is 4.90. The van der Waals surface area contributed by atoms with Gasteiger partial charge in [-0.1, -0.05) is 28.9 Å². The van der Waals surface area contributed by atoms with Crippen molar-refractivity contribution in [2.45, 2.75) is 0 Å². The number of hydrogen-bond acceptors (Lipinski definition) is 5. The third kappa shape index (κ3) is 3.22. The molecule has 0 spiro atoms. The first kappa shape index (κ1) is 16.1. The molecule has 0 atom stereocenters. The standard InChI is InChI=1S/C19H12ClN3O3/c20-13-9-7-12(8-10-13)17-22-19(26-23-17)14-4-1-2-5-15(14)21-18(24)16-6-3-11-25-16/h1-11H,(H,21,24). The van der Waals surface area contributed by atoms with Crippen LogP contribution >= 0.6 is 11.6 Å². The lowest BCUT2D eigenvalue weighted by atomic mass is 10.1. The maximum absolute atomic E-state index is 12.2. The van der Waals surface area contributed by atoms with E-state index in [4.69, 9.17) is 20.5 Å². The number of aromatic nitrogens is 2. The minimum atomic E-state index is -0.361. The molecule has 7 heteroatoms. The van der Waals surface area contributed by atoms with Gasteiger partial charge in [-0.15, -0.1) is 0 Å². The molecule has 128 valence electrons. The van der Waals surface area contributed by atoms with Crippen molar-refractivity contribution < 1.29 is 13.7 Å². The fourth-order valence-electron chi connectivity index (χ4n) is 2.42. The lowest BCUT2D eigenvalue weighted by Gasteiger charge is -2.06. The van der Waals surface area contributed by atoms with E-state index < -0.39 is 0 Å².